The SMILES string of the molecule is CCC(C(=O)OC(C)(C)C1CC[NH2+]CC1)c1ccccc1. The molecular weight excluding hydrogens is 262 g/mol. The van der Waals surface area contributed by atoms with Gasteiger partial charge in [0.1, 0.15) is 5.60 Å². The number of ether oxygens (including phenoxy) is 1. The number of carbonyl (C=O) groups excluding carboxylic acids is 1. The van der Waals surface area contributed by atoms with Crippen molar-refractivity contribution >= 4 is 5.97 Å². The Morgan fingerprint density at radius 3 is 2.48 bits per heavy atom. The summed E-state index contributed by atoms with van der Waals surface area (Å²) in [5.41, 5.74) is 0.686. The molecule has 0 bridgehead atoms. The lowest BCUT2D eigenvalue weighted by molar-refractivity contribution is -0.665. The highest BCUT2D eigenvalue weighted by atomic mass is 16.6. The molecule has 0 aliphatic carbocycles. The van der Waals surface area contributed by atoms with Crippen LogP contribution in [0.25, 0.3) is 0 Å². The second-order valence-corrected chi connectivity index (χ2v) is 6.54. The normalized spacial score (nSPS) is 18.2. The minimum atomic E-state index is -0.368. The van der Waals surface area contributed by atoms with E-state index in [0.29, 0.717) is 5.92 Å². The van der Waals surface area contributed by atoms with Gasteiger partial charge in [0.05, 0.1) is 19.0 Å². The van der Waals surface area contributed by atoms with Crippen LogP contribution in [-0.4, -0.2) is 24.7 Å². The van der Waals surface area contributed by atoms with Crippen molar-refractivity contribution in [1.29, 1.82) is 0 Å². The molecule has 1 aliphatic heterocycles. The van der Waals surface area contributed by atoms with Gasteiger partial charge in [0, 0.05) is 18.8 Å². The standard InChI is InChI=1S/C18H27NO2/c1-4-16(14-8-6-5-7-9-14)17(20)21-18(2,3)15-10-12-19-13-11-15/h5-9,15-16,19H,4,10-13H2,1-3H3/p+1. The summed E-state index contributed by atoms with van der Waals surface area (Å²) in [5.74, 6) is 0.239. The third-order valence-corrected chi connectivity index (χ3v) is 4.68. The Hall–Kier alpha value is -1.35. The monoisotopic (exact) mass is 290 g/mol. The number of quaternary nitrogens is 1. The number of rotatable bonds is 5. The summed E-state index contributed by atoms with van der Waals surface area (Å²) in [6, 6.07) is 9.96. The molecule has 0 spiro atoms. The molecule has 1 fully saturated rings. The van der Waals surface area contributed by atoms with Gasteiger partial charge in [0.25, 0.3) is 0 Å². The maximum atomic E-state index is 12.6. The van der Waals surface area contributed by atoms with Crippen molar-refractivity contribution in [2.24, 2.45) is 5.92 Å². The van der Waals surface area contributed by atoms with E-state index in [4.69, 9.17) is 4.74 Å². The van der Waals surface area contributed by atoms with Gasteiger partial charge in [-0.25, -0.2) is 0 Å². The predicted octanol–water partition coefficient (Wildman–Crippen LogP) is 2.48. The summed E-state index contributed by atoms with van der Waals surface area (Å²) in [7, 11) is 0. The molecule has 1 heterocycles. The molecule has 21 heavy (non-hydrogen) atoms. The van der Waals surface area contributed by atoms with Crippen LogP contribution in [0.3, 0.4) is 0 Å². The van der Waals surface area contributed by atoms with Crippen molar-refractivity contribution in [3.63, 3.8) is 0 Å². The second-order valence-electron chi connectivity index (χ2n) is 6.54. The van der Waals surface area contributed by atoms with Crippen molar-refractivity contribution in [1.82, 2.24) is 0 Å². The molecule has 2 rings (SSSR count). The van der Waals surface area contributed by atoms with E-state index in [1.807, 2.05) is 37.3 Å². The Morgan fingerprint density at radius 2 is 1.90 bits per heavy atom. The third-order valence-electron chi connectivity index (χ3n) is 4.68. The zero-order valence-corrected chi connectivity index (χ0v) is 13.5. The molecule has 1 saturated heterocycles. The van der Waals surface area contributed by atoms with E-state index in [-0.39, 0.29) is 17.5 Å². The smallest absolute Gasteiger partial charge is 0.313 e. The Kier molecular flexibility index (Phi) is 5.40. The molecule has 116 valence electrons. The van der Waals surface area contributed by atoms with Gasteiger partial charge >= 0.3 is 5.97 Å². The van der Waals surface area contributed by atoms with Crippen LogP contribution in [-0.2, 0) is 9.53 Å². The van der Waals surface area contributed by atoms with Crippen molar-refractivity contribution in [2.75, 3.05) is 13.1 Å². The lowest BCUT2D eigenvalue weighted by Crippen LogP contribution is -2.86. The van der Waals surface area contributed by atoms with Gasteiger partial charge in [-0.1, -0.05) is 37.3 Å². The number of hydrogen-bond acceptors (Lipinski definition) is 2. The van der Waals surface area contributed by atoms with Crippen LogP contribution in [0.5, 0.6) is 0 Å². The number of hydrogen-bond donors (Lipinski definition) is 1. The van der Waals surface area contributed by atoms with E-state index < -0.39 is 0 Å². The molecule has 0 radical (unpaired) electrons. The van der Waals surface area contributed by atoms with Gasteiger partial charge < -0.3 is 10.1 Å². The third kappa shape index (κ3) is 4.07. The van der Waals surface area contributed by atoms with Crippen LogP contribution < -0.4 is 5.32 Å². The summed E-state index contributed by atoms with van der Waals surface area (Å²) in [5, 5.41) is 2.34. The van der Waals surface area contributed by atoms with Crippen molar-refractivity contribution in [3.8, 4) is 0 Å². The van der Waals surface area contributed by atoms with Gasteiger partial charge in [-0.15, -0.1) is 0 Å². The summed E-state index contributed by atoms with van der Waals surface area (Å²) in [6.45, 7) is 8.46. The fraction of sp³-hybridized carbons (Fsp3) is 0.611. The molecule has 0 aromatic heterocycles. The van der Waals surface area contributed by atoms with Gasteiger partial charge in [0.15, 0.2) is 0 Å². The molecule has 1 aromatic rings. The first-order valence-electron chi connectivity index (χ1n) is 8.14. The average molecular weight is 290 g/mol. The van der Waals surface area contributed by atoms with Crippen LogP contribution in [0.15, 0.2) is 30.3 Å². The van der Waals surface area contributed by atoms with Gasteiger partial charge in [-0.2, -0.15) is 0 Å². The quantitative estimate of drug-likeness (QED) is 0.847. The molecule has 3 heteroatoms. The summed E-state index contributed by atoms with van der Waals surface area (Å²) in [4.78, 5) is 12.6. The van der Waals surface area contributed by atoms with Crippen LogP contribution in [0, 0.1) is 5.92 Å². The van der Waals surface area contributed by atoms with Crippen LogP contribution >= 0.6 is 0 Å². The first kappa shape index (κ1) is 16.0. The molecule has 1 atom stereocenters. The average Bonchev–Trinajstić information content (AvgIpc) is 2.49. The maximum Gasteiger partial charge on any atom is 0.313 e. The fourth-order valence-electron chi connectivity index (χ4n) is 3.26. The molecule has 0 saturated carbocycles. The van der Waals surface area contributed by atoms with Crippen LogP contribution in [0.1, 0.15) is 51.5 Å². The maximum absolute atomic E-state index is 12.6. The first-order valence-corrected chi connectivity index (χ1v) is 8.14. The summed E-state index contributed by atoms with van der Waals surface area (Å²) >= 11 is 0. The van der Waals surface area contributed by atoms with Crippen molar-refractivity contribution in [2.45, 2.75) is 51.6 Å². The van der Waals surface area contributed by atoms with E-state index in [1.165, 1.54) is 0 Å². The largest absolute Gasteiger partial charge is 0.459 e. The summed E-state index contributed by atoms with van der Waals surface area (Å²) < 4.78 is 5.93. The van der Waals surface area contributed by atoms with Crippen LogP contribution in [0.4, 0.5) is 0 Å². The highest BCUT2D eigenvalue weighted by Crippen LogP contribution is 2.31. The number of carbonyl (C=O) groups is 1. The fourth-order valence-corrected chi connectivity index (χ4v) is 3.26. The van der Waals surface area contributed by atoms with E-state index in [1.54, 1.807) is 0 Å². The molecule has 3 nitrogen and oxygen atoms in total. The topological polar surface area (TPSA) is 42.9 Å². The first-order chi connectivity index (χ1) is 10.0. The van der Waals surface area contributed by atoms with Gasteiger partial charge in [0.2, 0.25) is 0 Å². The highest BCUT2D eigenvalue weighted by Gasteiger charge is 2.36. The molecule has 0 amide bonds. The molecule has 1 aliphatic rings. The van der Waals surface area contributed by atoms with E-state index in [9.17, 15) is 4.79 Å². The molecular formula is C18H28NO2+. The Labute approximate surface area is 128 Å². The number of esters is 1. The molecule has 2 N–H and O–H groups in total. The highest BCUT2D eigenvalue weighted by molar-refractivity contribution is 5.78. The second kappa shape index (κ2) is 7.08. The van der Waals surface area contributed by atoms with Gasteiger partial charge in [-0.05, 0) is 25.8 Å². The Bertz CT molecular complexity index is 450. The minimum absolute atomic E-state index is 0.0803. The number of piperidine rings is 1. The lowest BCUT2D eigenvalue weighted by Gasteiger charge is -2.36. The van der Waals surface area contributed by atoms with E-state index in [0.717, 1.165) is 37.9 Å². The number of benzene rings is 1. The molecule has 1 unspecified atom stereocenters. The van der Waals surface area contributed by atoms with E-state index in [2.05, 4.69) is 19.2 Å². The van der Waals surface area contributed by atoms with Gasteiger partial charge in [-0.3, -0.25) is 4.79 Å². The minimum Gasteiger partial charge on any atom is -0.459 e. The number of nitrogens with two attached hydrogens (primary N) is 1. The lowest BCUT2D eigenvalue weighted by atomic mass is 9.83. The van der Waals surface area contributed by atoms with Crippen LogP contribution in [0.2, 0.25) is 0 Å². The Balaban J connectivity index is 2.04. The Morgan fingerprint density at radius 1 is 1.29 bits per heavy atom. The van der Waals surface area contributed by atoms with Crippen molar-refractivity contribution < 1.29 is 14.8 Å². The summed E-state index contributed by atoms with van der Waals surface area (Å²) in [6.07, 6.45) is 3.03. The zero-order chi connectivity index (χ0) is 15.3. The van der Waals surface area contributed by atoms with Crippen molar-refractivity contribution in [3.05, 3.63) is 35.9 Å². The zero-order valence-electron chi connectivity index (χ0n) is 13.5. The molecule has 1 aromatic carbocycles. The predicted molar refractivity (Wildman–Crippen MR) is 84.0 cm³/mol. The van der Waals surface area contributed by atoms with E-state index >= 15 is 0 Å².